The molecular weight excluding hydrogens is 322 g/mol. The van der Waals surface area contributed by atoms with Gasteiger partial charge in [0.15, 0.2) is 0 Å². The summed E-state index contributed by atoms with van der Waals surface area (Å²) in [7, 11) is 0. The third-order valence-electron chi connectivity index (χ3n) is 3.81. The van der Waals surface area contributed by atoms with Crippen LogP contribution in [0.15, 0.2) is 65.6 Å². The van der Waals surface area contributed by atoms with Gasteiger partial charge in [-0.3, -0.25) is 9.59 Å². The third-order valence-corrected chi connectivity index (χ3v) is 5.00. The van der Waals surface area contributed by atoms with Gasteiger partial charge in [-0.2, -0.15) is 0 Å². The number of nitrogens with two attached hydrogens (primary N) is 1. The van der Waals surface area contributed by atoms with Gasteiger partial charge in [-0.05, 0) is 24.1 Å². The number of carbonyl (C=O) groups is 2. The van der Waals surface area contributed by atoms with Crippen molar-refractivity contribution in [3.05, 3.63) is 66.2 Å². The molecule has 124 valence electrons. The van der Waals surface area contributed by atoms with Crippen molar-refractivity contribution in [2.45, 2.75) is 28.8 Å². The van der Waals surface area contributed by atoms with Gasteiger partial charge in [0, 0.05) is 4.90 Å². The third kappa shape index (κ3) is 3.96. The topological polar surface area (TPSA) is 84.2 Å². The maximum absolute atomic E-state index is 12.3. The molecule has 0 aromatic heterocycles. The lowest BCUT2D eigenvalue weighted by molar-refractivity contribution is -0.134. The molecule has 2 amide bonds. The van der Waals surface area contributed by atoms with Crippen LogP contribution in [0.3, 0.4) is 0 Å². The van der Waals surface area contributed by atoms with Gasteiger partial charge < -0.3 is 16.4 Å². The van der Waals surface area contributed by atoms with Crippen molar-refractivity contribution in [3.63, 3.8) is 0 Å². The first-order chi connectivity index (χ1) is 11.6. The molecule has 1 saturated heterocycles. The molecule has 24 heavy (non-hydrogen) atoms. The van der Waals surface area contributed by atoms with Gasteiger partial charge in [-0.25, -0.2) is 0 Å². The summed E-state index contributed by atoms with van der Waals surface area (Å²) in [6.45, 7) is 0. The average Bonchev–Trinajstić information content (AvgIpc) is 2.61. The van der Waals surface area contributed by atoms with Gasteiger partial charge in [0.25, 0.3) is 0 Å². The number of hydrogen-bond acceptors (Lipinski definition) is 4. The summed E-state index contributed by atoms with van der Waals surface area (Å²) >= 11 is 1.51. The minimum Gasteiger partial charge on any atom is -0.340 e. The molecule has 1 fully saturated rings. The molecular formula is C18H19N3O2S. The van der Waals surface area contributed by atoms with E-state index in [9.17, 15) is 9.59 Å². The summed E-state index contributed by atoms with van der Waals surface area (Å²) in [5.74, 6) is -0.485. The van der Waals surface area contributed by atoms with E-state index in [2.05, 4.69) is 10.6 Å². The summed E-state index contributed by atoms with van der Waals surface area (Å²) in [5, 5.41) is 5.39. The van der Waals surface area contributed by atoms with Gasteiger partial charge in [-0.15, -0.1) is 0 Å². The molecule has 1 heterocycles. The van der Waals surface area contributed by atoms with Crippen molar-refractivity contribution in [2.24, 2.45) is 5.73 Å². The first-order valence-corrected chi connectivity index (χ1v) is 8.63. The lowest BCUT2D eigenvalue weighted by Gasteiger charge is -2.37. The van der Waals surface area contributed by atoms with Crippen LogP contribution in [0.2, 0.25) is 0 Å². The summed E-state index contributed by atoms with van der Waals surface area (Å²) in [6, 6.07) is 18.1. The molecule has 3 atom stereocenters. The molecule has 0 aliphatic carbocycles. The Hall–Kier alpha value is -2.31. The molecule has 0 spiro atoms. The Morgan fingerprint density at radius 3 is 2.38 bits per heavy atom. The van der Waals surface area contributed by atoms with E-state index in [1.165, 1.54) is 11.8 Å². The van der Waals surface area contributed by atoms with E-state index in [0.717, 1.165) is 10.5 Å². The van der Waals surface area contributed by atoms with Crippen LogP contribution in [0.5, 0.6) is 0 Å². The second-order valence-electron chi connectivity index (χ2n) is 5.64. The predicted octanol–water partition coefficient (Wildman–Crippen LogP) is 1.29. The Labute approximate surface area is 145 Å². The minimum absolute atomic E-state index is 0.173. The van der Waals surface area contributed by atoms with E-state index in [1.54, 1.807) is 0 Å². The van der Waals surface area contributed by atoms with Gasteiger partial charge in [0.05, 0.1) is 6.04 Å². The lowest BCUT2D eigenvalue weighted by Crippen LogP contribution is -2.69. The first-order valence-electron chi connectivity index (χ1n) is 7.75. The summed E-state index contributed by atoms with van der Waals surface area (Å²) < 4.78 is 0. The number of thioether (sulfide) groups is 1. The van der Waals surface area contributed by atoms with Gasteiger partial charge >= 0.3 is 0 Å². The van der Waals surface area contributed by atoms with Gasteiger partial charge in [0.2, 0.25) is 11.8 Å². The van der Waals surface area contributed by atoms with Crippen molar-refractivity contribution in [3.8, 4) is 0 Å². The predicted molar refractivity (Wildman–Crippen MR) is 94.3 cm³/mol. The van der Waals surface area contributed by atoms with Crippen LogP contribution < -0.4 is 16.4 Å². The summed E-state index contributed by atoms with van der Waals surface area (Å²) in [6.07, 6.45) is 0.442. The Morgan fingerprint density at radius 1 is 1.12 bits per heavy atom. The summed E-state index contributed by atoms with van der Waals surface area (Å²) in [4.78, 5) is 25.1. The van der Waals surface area contributed by atoms with E-state index in [4.69, 9.17) is 5.73 Å². The molecule has 4 N–H and O–H groups in total. The van der Waals surface area contributed by atoms with Crippen LogP contribution >= 0.6 is 11.8 Å². The molecule has 0 unspecified atom stereocenters. The number of hydrogen-bond donors (Lipinski definition) is 3. The molecule has 6 heteroatoms. The smallest absolute Gasteiger partial charge is 0.246 e. The first kappa shape index (κ1) is 16.5. The molecule has 3 rings (SSSR count). The van der Waals surface area contributed by atoms with Crippen LogP contribution in [0, 0.1) is 0 Å². The zero-order valence-corrected chi connectivity index (χ0v) is 13.8. The Bertz CT molecular complexity index is 709. The van der Waals surface area contributed by atoms with Crippen molar-refractivity contribution in [2.75, 3.05) is 0 Å². The Morgan fingerprint density at radius 2 is 1.75 bits per heavy atom. The maximum atomic E-state index is 12.3. The standard InChI is InChI=1S/C18H19N3O2S/c19-14(11-12-7-3-1-4-8-12)16(22)20-15-17(23)21-18(15)24-13-9-5-2-6-10-13/h1-10,14-15,18H,11,19H2,(H,20,22)(H,21,23)/t14-,15-,18-/m0/s1. The number of carbonyl (C=O) groups excluding carboxylic acids is 2. The van der Waals surface area contributed by atoms with Crippen molar-refractivity contribution < 1.29 is 9.59 Å². The van der Waals surface area contributed by atoms with E-state index in [-0.39, 0.29) is 17.2 Å². The molecule has 1 aliphatic heterocycles. The van der Waals surface area contributed by atoms with E-state index in [0.29, 0.717) is 6.42 Å². The van der Waals surface area contributed by atoms with Crippen molar-refractivity contribution in [1.82, 2.24) is 10.6 Å². The molecule has 2 aromatic rings. The highest BCUT2D eigenvalue weighted by Crippen LogP contribution is 2.28. The fourth-order valence-corrected chi connectivity index (χ4v) is 3.57. The molecule has 0 saturated carbocycles. The highest BCUT2D eigenvalue weighted by molar-refractivity contribution is 8.00. The monoisotopic (exact) mass is 341 g/mol. The number of benzene rings is 2. The SMILES string of the molecule is N[C@@H](Cc1ccccc1)C(=O)N[C@H]1C(=O)N[C@H]1Sc1ccccc1. The zero-order valence-electron chi connectivity index (χ0n) is 13.0. The van der Waals surface area contributed by atoms with Crippen LogP contribution in [0.25, 0.3) is 0 Å². The molecule has 2 aromatic carbocycles. The fourth-order valence-electron chi connectivity index (χ4n) is 2.46. The average molecular weight is 341 g/mol. The number of rotatable bonds is 6. The van der Waals surface area contributed by atoms with Gasteiger partial charge in [0.1, 0.15) is 11.4 Å². The van der Waals surface area contributed by atoms with Crippen LogP contribution in [0.4, 0.5) is 0 Å². The van der Waals surface area contributed by atoms with Crippen molar-refractivity contribution >= 4 is 23.6 Å². The van der Waals surface area contributed by atoms with E-state index in [1.807, 2.05) is 60.7 Å². The molecule has 5 nitrogen and oxygen atoms in total. The molecule has 1 aliphatic rings. The van der Waals surface area contributed by atoms with E-state index >= 15 is 0 Å². The highest BCUT2D eigenvalue weighted by Gasteiger charge is 2.41. The number of β-lactam (4-membered cyclic amide) rings is 1. The van der Waals surface area contributed by atoms with Crippen LogP contribution in [0.1, 0.15) is 5.56 Å². The molecule has 0 bridgehead atoms. The number of nitrogens with one attached hydrogen (secondary N) is 2. The lowest BCUT2D eigenvalue weighted by atomic mass is 10.0. The fraction of sp³-hybridized carbons (Fsp3) is 0.222. The van der Waals surface area contributed by atoms with Gasteiger partial charge in [-0.1, -0.05) is 60.3 Å². The Kier molecular flexibility index (Phi) is 5.17. The molecule has 0 radical (unpaired) electrons. The normalized spacial score (nSPS) is 20.6. The van der Waals surface area contributed by atoms with E-state index < -0.39 is 12.1 Å². The largest absolute Gasteiger partial charge is 0.340 e. The minimum atomic E-state index is -0.678. The second kappa shape index (κ2) is 7.51. The van der Waals surface area contributed by atoms with Crippen LogP contribution in [-0.4, -0.2) is 29.3 Å². The van der Waals surface area contributed by atoms with Crippen molar-refractivity contribution in [1.29, 1.82) is 0 Å². The zero-order chi connectivity index (χ0) is 16.9. The van der Waals surface area contributed by atoms with Crippen LogP contribution in [-0.2, 0) is 16.0 Å². The maximum Gasteiger partial charge on any atom is 0.246 e. The second-order valence-corrected chi connectivity index (χ2v) is 6.86. The Balaban J connectivity index is 1.55. The quantitative estimate of drug-likeness (QED) is 0.691. The summed E-state index contributed by atoms with van der Waals surface area (Å²) in [5.41, 5.74) is 6.96. The number of amides is 2. The highest BCUT2D eigenvalue weighted by atomic mass is 32.2.